The Morgan fingerprint density at radius 3 is 2.52 bits per heavy atom. The molecule has 1 aliphatic carbocycles. The van der Waals surface area contributed by atoms with Gasteiger partial charge in [0.15, 0.2) is 0 Å². The molecule has 0 heterocycles. The summed E-state index contributed by atoms with van der Waals surface area (Å²) in [6.45, 7) is 0. The quantitative estimate of drug-likeness (QED) is 0.845. The molecule has 1 unspecified atom stereocenters. The number of benzene rings is 1. The van der Waals surface area contributed by atoms with Crippen LogP contribution in [0.3, 0.4) is 0 Å². The van der Waals surface area contributed by atoms with Crippen molar-refractivity contribution in [3.63, 3.8) is 0 Å². The van der Waals surface area contributed by atoms with Crippen LogP contribution in [0.25, 0.3) is 0 Å². The van der Waals surface area contributed by atoms with Crippen molar-refractivity contribution in [2.45, 2.75) is 31.0 Å². The minimum atomic E-state index is -5.11. The first kappa shape index (κ1) is 15.8. The molecule has 1 aromatic rings. The Labute approximate surface area is 126 Å². The molecule has 0 saturated carbocycles. The van der Waals surface area contributed by atoms with E-state index in [1.54, 1.807) is 23.5 Å². The Balaban J connectivity index is 2.32. The van der Waals surface area contributed by atoms with E-state index in [4.69, 9.17) is 0 Å². The first-order valence-electron chi connectivity index (χ1n) is 6.04. The second kappa shape index (κ2) is 5.32. The van der Waals surface area contributed by atoms with Crippen LogP contribution in [0.2, 0.25) is 0 Å². The largest absolute Gasteiger partial charge is 0.479 e. The number of nitrogens with one attached hydrogen (secondary N) is 1. The number of carboxylic acids is 1. The number of alkyl halides is 3. The van der Waals surface area contributed by atoms with Gasteiger partial charge in [-0.3, -0.25) is 4.79 Å². The van der Waals surface area contributed by atoms with E-state index < -0.39 is 23.6 Å². The van der Waals surface area contributed by atoms with Crippen LogP contribution in [0.5, 0.6) is 0 Å². The highest BCUT2D eigenvalue weighted by molar-refractivity contribution is 9.10. The second-order valence-corrected chi connectivity index (χ2v) is 5.84. The van der Waals surface area contributed by atoms with Gasteiger partial charge in [-0.05, 0) is 36.1 Å². The summed E-state index contributed by atoms with van der Waals surface area (Å²) >= 11 is 3.28. The van der Waals surface area contributed by atoms with Crippen molar-refractivity contribution in [1.82, 2.24) is 5.32 Å². The van der Waals surface area contributed by atoms with Gasteiger partial charge in [0.05, 0.1) is 0 Å². The topological polar surface area (TPSA) is 66.4 Å². The average molecular weight is 366 g/mol. The van der Waals surface area contributed by atoms with Gasteiger partial charge in [0, 0.05) is 10.9 Å². The summed E-state index contributed by atoms with van der Waals surface area (Å²) in [5.41, 5.74) is -0.440. The van der Waals surface area contributed by atoms with Crippen molar-refractivity contribution in [3.8, 4) is 0 Å². The number of rotatable bonds is 2. The molecular weight excluding hydrogens is 355 g/mol. The number of fused-ring (bicyclic) bond motifs is 1. The standard InChI is InChI=1S/C13H11BrF3NO3/c14-9-2-1-8-6-12(11(20)21,4-3-7(8)5-9)18-10(19)13(15,16)17/h1-2,5H,3-4,6H2,(H,18,19)(H,20,21). The molecule has 8 heteroatoms. The van der Waals surface area contributed by atoms with Crippen LogP contribution >= 0.6 is 15.9 Å². The van der Waals surface area contributed by atoms with E-state index in [1.807, 2.05) is 0 Å². The Morgan fingerprint density at radius 1 is 1.29 bits per heavy atom. The van der Waals surface area contributed by atoms with Gasteiger partial charge < -0.3 is 10.4 Å². The third kappa shape index (κ3) is 3.20. The van der Waals surface area contributed by atoms with Gasteiger partial charge in [0.1, 0.15) is 5.54 Å². The fraction of sp³-hybridized carbons (Fsp3) is 0.385. The number of halogens is 4. The lowest BCUT2D eigenvalue weighted by Crippen LogP contribution is -2.60. The molecule has 0 radical (unpaired) electrons. The zero-order valence-corrected chi connectivity index (χ0v) is 12.2. The molecule has 2 N–H and O–H groups in total. The maximum Gasteiger partial charge on any atom is 0.471 e. The molecule has 114 valence electrons. The van der Waals surface area contributed by atoms with Crippen molar-refractivity contribution in [2.24, 2.45) is 0 Å². The molecule has 4 nitrogen and oxygen atoms in total. The lowest BCUT2D eigenvalue weighted by molar-refractivity contribution is -0.178. The number of carbonyl (C=O) groups excluding carboxylic acids is 1. The highest BCUT2D eigenvalue weighted by atomic mass is 79.9. The van der Waals surface area contributed by atoms with Crippen LogP contribution in [0.1, 0.15) is 17.5 Å². The summed E-state index contributed by atoms with van der Waals surface area (Å²) in [6, 6.07) is 5.13. The van der Waals surface area contributed by atoms with Crippen molar-refractivity contribution >= 4 is 27.8 Å². The number of aliphatic carboxylic acids is 1. The number of hydrogen-bond donors (Lipinski definition) is 2. The third-order valence-electron chi connectivity index (χ3n) is 3.50. The molecule has 0 bridgehead atoms. The van der Waals surface area contributed by atoms with Crippen molar-refractivity contribution < 1.29 is 27.9 Å². The summed E-state index contributed by atoms with van der Waals surface area (Å²) < 4.78 is 37.9. The molecule has 0 aliphatic heterocycles. The molecule has 21 heavy (non-hydrogen) atoms. The van der Waals surface area contributed by atoms with Gasteiger partial charge in [0.2, 0.25) is 0 Å². The number of amides is 1. The summed E-state index contributed by atoms with van der Waals surface area (Å²) in [5.74, 6) is -3.70. The maximum atomic E-state index is 12.4. The normalized spacial score (nSPS) is 21.5. The minimum Gasteiger partial charge on any atom is -0.479 e. The SMILES string of the molecule is O=C(NC1(C(=O)O)CCc2cc(Br)ccc2C1)C(F)(F)F. The number of hydrogen-bond acceptors (Lipinski definition) is 2. The van der Waals surface area contributed by atoms with E-state index in [0.717, 1.165) is 10.0 Å². The number of carboxylic acid groups (broad SMARTS) is 1. The van der Waals surface area contributed by atoms with Gasteiger partial charge >= 0.3 is 18.1 Å². The van der Waals surface area contributed by atoms with Crippen LogP contribution in [-0.4, -0.2) is 28.7 Å². The fourth-order valence-electron chi connectivity index (χ4n) is 2.39. The lowest BCUT2D eigenvalue weighted by Gasteiger charge is -2.35. The summed E-state index contributed by atoms with van der Waals surface area (Å²) in [4.78, 5) is 22.5. The smallest absolute Gasteiger partial charge is 0.471 e. The molecular formula is C13H11BrF3NO3. The van der Waals surface area contributed by atoms with E-state index >= 15 is 0 Å². The molecule has 1 amide bonds. The van der Waals surface area contributed by atoms with E-state index in [-0.39, 0.29) is 19.3 Å². The van der Waals surface area contributed by atoms with Crippen molar-refractivity contribution in [3.05, 3.63) is 33.8 Å². The van der Waals surface area contributed by atoms with Gasteiger partial charge in [-0.1, -0.05) is 22.0 Å². The van der Waals surface area contributed by atoms with Crippen LogP contribution in [0, 0.1) is 0 Å². The maximum absolute atomic E-state index is 12.4. The molecule has 1 atom stereocenters. The average Bonchev–Trinajstić information content (AvgIpc) is 2.37. The highest BCUT2D eigenvalue weighted by Gasteiger charge is 2.49. The molecule has 0 spiro atoms. The van der Waals surface area contributed by atoms with Crippen molar-refractivity contribution in [1.29, 1.82) is 0 Å². The predicted octanol–water partition coefficient (Wildman–Crippen LogP) is 2.44. The molecule has 0 saturated heterocycles. The molecule has 1 aromatic carbocycles. The Hall–Kier alpha value is -1.57. The van der Waals surface area contributed by atoms with Crippen LogP contribution in [0.4, 0.5) is 13.2 Å². The van der Waals surface area contributed by atoms with E-state index in [2.05, 4.69) is 15.9 Å². The minimum absolute atomic E-state index is 0.0897. The lowest BCUT2D eigenvalue weighted by atomic mass is 9.78. The Bertz CT molecular complexity index is 603. The van der Waals surface area contributed by atoms with E-state index in [9.17, 15) is 27.9 Å². The van der Waals surface area contributed by atoms with Gasteiger partial charge in [0.25, 0.3) is 0 Å². The molecule has 1 aliphatic rings. The van der Waals surface area contributed by atoms with Crippen molar-refractivity contribution in [2.75, 3.05) is 0 Å². The molecule has 2 rings (SSSR count). The molecule has 0 aromatic heterocycles. The zero-order valence-electron chi connectivity index (χ0n) is 10.6. The zero-order chi connectivity index (χ0) is 15.8. The second-order valence-electron chi connectivity index (χ2n) is 4.93. The Morgan fingerprint density at radius 2 is 1.95 bits per heavy atom. The number of aryl methyl sites for hydroxylation is 1. The summed E-state index contributed by atoms with van der Waals surface area (Å²) in [7, 11) is 0. The van der Waals surface area contributed by atoms with Gasteiger partial charge in [-0.25, -0.2) is 4.79 Å². The predicted molar refractivity (Wildman–Crippen MR) is 70.7 cm³/mol. The monoisotopic (exact) mass is 365 g/mol. The summed E-state index contributed by atoms with van der Waals surface area (Å²) in [6.07, 6.45) is -5.10. The van der Waals surface area contributed by atoms with Gasteiger partial charge in [-0.15, -0.1) is 0 Å². The first-order chi connectivity index (χ1) is 9.64. The van der Waals surface area contributed by atoms with Gasteiger partial charge in [-0.2, -0.15) is 13.2 Å². The first-order valence-corrected chi connectivity index (χ1v) is 6.83. The van der Waals surface area contributed by atoms with Crippen LogP contribution in [-0.2, 0) is 22.4 Å². The fourth-order valence-corrected chi connectivity index (χ4v) is 2.80. The van der Waals surface area contributed by atoms with E-state index in [1.165, 1.54) is 0 Å². The van der Waals surface area contributed by atoms with Crippen LogP contribution < -0.4 is 5.32 Å². The van der Waals surface area contributed by atoms with E-state index in [0.29, 0.717) is 5.56 Å². The number of carbonyl (C=O) groups is 2. The Kier molecular flexibility index (Phi) is 4.01. The van der Waals surface area contributed by atoms with Crippen LogP contribution in [0.15, 0.2) is 22.7 Å². The third-order valence-corrected chi connectivity index (χ3v) is 3.99. The molecule has 0 fully saturated rings. The summed E-state index contributed by atoms with van der Waals surface area (Å²) in [5, 5.41) is 10.9. The highest BCUT2D eigenvalue weighted by Crippen LogP contribution is 2.32.